The molecule has 2 N–H and O–H groups in total. The van der Waals surface area contributed by atoms with Crippen LogP contribution in [0.4, 0.5) is 0 Å². The molecule has 1 saturated heterocycles. The van der Waals surface area contributed by atoms with Crippen LogP contribution < -0.4 is 5.73 Å². The predicted molar refractivity (Wildman–Crippen MR) is 70.0 cm³/mol. The van der Waals surface area contributed by atoms with Crippen molar-refractivity contribution in [3.8, 4) is 0 Å². The highest BCUT2D eigenvalue weighted by Gasteiger charge is 2.34. The third kappa shape index (κ3) is 3.32. The molecule has 0 unspecified atom stereocenters. The lowest BCUT2D eigenvalue weighted by molar-refractivity contribution is -0.154. The fourth-order valence-corrected chi connectivity index (χ4v) is 2.25. The zero-order chi connectivity index (χ0) is 13.7. The van der Waals surface area contributed by atoms with Crippen molar-refractivity contribution in [2.75, 3.05) is 13.1 Å². The van der Waals surface area contributed by atoms with Gasteiger partial charge in [0.25, 0.3) is 0 Å². The number of likely N-dealkylation sites (tertiary alicyclic amines) is 1. The summed E-state index contributed by atoms with van der Waals surface area (Å²) >= 11 is 0. The second kappa shape index (κ2) is 6.33. The first-order chi connectivity index (χ1) is 9.22. The van der Waals surface area contributed by atoms with Crippen LogP contribution in [0.2, 0.25) is 0 Å². The Morgan fingerprint density at radius 2 is 2.05 bits per heavy atom. The zero-order valence-electron chi connectivity index (χ0n) is 10.7. The van der Waals surface area contributed by atoms with Gasteiger partial charge in [-0.05, 0) is 18.4 Å². The summed E-state index contributed by atoms with van der Waals surface area (Å²) in [5.74, 6) is -0.540. The Kier molecular flexibility index (Phi) is 4.52. The molecule has 0 aromatic heterocycles. The number of nitrogens with zero attached hydrogens (tertiary/aromatic N) is 1. The number of ether oxygens (including phenoxy) is 1. The van der Waals surface area contributed by atoms with Gasteiger partial charge >= 0.3 is 5.97 Å². The van der Waals surface area contributed by atoms with Crippen LogP contribution in [-0.2, 0) is 20.9 Å². The summed E-state index contributed by atoms with van der Waals surface area (Å²) < 4.78 is 5.26. The van der Waals surface area contributed by atoms with Crippen molar-refractivity contribution >= 4 is 11.9 Å². The van der Waals surface area contributed by atoms with Crippen molar-refractivity contribution in [1.82, 2.24) is 4.90 Å². The first-order valence-corrected chi connectivity index (χ1v) is 6.42. The molecule has 0 bridgehead atoms. The molecule has 5 nitrogen and oxygen atoms in total. The number of hydrogen-bond acceptors (Lipinski definition) is 4. The van der Waals surface area contributed by atoms with Gasteiger partial charge in [-0.25, -0.2) is 4.79 Å². The third-order valence-corrected chi connectivity index (χ3v) is 3.24. The predicted octanol–water partition coefficient (Wildman–Crippen LogP) is 0.679. The highest BCUT2D eigenvalue weighted by Crippen LogP contribution is 2.19. The van der Waals surface area contributed by atoms with Gasteiger partial charge in [-0.1, -0.05) is 30.3 Å². The first-order valence-electron chi connectivity index (χ1n) is 6.42. The van der Waals surface area contributed by atoms with Crippen molar-refractivity contribution in [3.63, 3.8) is 0 Å². The van der Waals surface area contributed by atoms with E-state index in [4.69, 9.17) is 10.5 Å². The average molecular weight is 262 g/mol. The average Bonchev–Trinajstić information content (AvgIpc) is 2.94. The Morgan fingerprint density at radius 1 is 1.32 bits per heavy atom. The number of esters is 1. The lowest BCUT2D eigenvalue weighted by atomic mass is 10.2. The number of carbonyl (C=O) groups is 2. The molecule has 0 aliphatic carbocycles. The van der Waals surface area contributed by atoms with Crippen molar-refractivity contribution in [2.45, 2.75) is 25.5 Å². The van der Waals surface area contributed by atoms with Crippen LogP contribution in [0.3, 0.4) is 0 Å². The molecule has 1 heterocycles. The molecule has 1 aliphatic heterocycles. The summed E-state index contributed by atoms with van der Waals surface area (Å²) in [6.07, 6.45) is 1.47. The molecule has 1 fully saturated rings. The van der Waals surface area contributed by atoms with Crippen LogP contribution in [0.25, 0.3) is 0 Å². The number of carbonyl (C=O) groups excluding carboxylic acids is 2. The second-order valence-electron chi connectivity index (χ2n) is 4.54. The molecular weight excluding hydrogens is 244 g/mol. The van der Waals surface area contributed by atoms with Gasteiger partial charge in [-0.3, -0.25) is 4.79 Å². The SMILES string of the molecule is NCC(=O)N1CCC[C@H]1C(=O)OCc1ccccc1. The quantitative estimate of drug-likeness (QED) is 0.810. The molecule has 2 rings (SSSR count). The first kappa shape index (κ1) is 13.5. The minimum atomic E-state index is -0.472. The molecule has 19 heavy (non-hydrogen) atoms. The van der Waals surface area contributed by atoms with E-state index in [-0.39, 0.29) is 25.0 Å². The van der Waals surface area contributed by atoms with Gasteiger partial charge in [0.15, 0.2) is 0 Å². The van der Waals surface area contributed by atoms with E-state index in [1.807, 2.05) is 30.3 Å². The number of benzene rings is 1. The molecule has 1 atom stereocenters. The van der Waals surface area contributed by atoms with Gasteiger partial charge in [-0.15, -0.1) is 0 Å². The molecule has 102 valence electrons. The Balaban J connectivity index is 1.90. The Bertz CT molecular complexity index is 447. The van der Waals surface area contributed by atoms with E-state index in [0.29, 0.717) is 13.0 Å². The Morgan fingerprint density at radius 3 is 2.74 bits per heavy atom. The highest BCUT2D eigenvalue weighted by molar-refractivity contribution is 5.86. The maximum Gasteiger partial charge on any atom is 0.329 e. The van der Waals surface area contributed by atoms with E-state index in [1.54, 1.807) is 0 Å². The molecule has 1 amide bonds. The fourth-order valence-electron chi connectivity index (χ4n) is 2.25. The van der Waals surface area contributed by atoms with Crippen LogP contribution in [0.5, 0.6) is 0 Å². The summed E-state index contributed by atoms with van der Waals surface area (Å²) in [6, 6.07) is 9.01. The van der Waals surface area contributed by atoms with Gasteiger partial charge in [0.2, 0.25) is 5.91 Å². The van der Waals surface area contributed by atoms with Gasteiger partial charge in [0, 0.05) is 6.54 Å². The van der Waals surface area contributed by atoms with E-state index >= 15 is 0 Å². The van der Waals surface area contributed by atoms with Crippen LogP contribution in [-0.4, -0.2) is 35.9 Å². The Labute approximate surface area is 112 Å². The van der Waals surface area contributed by atoms with E-state index in [1.165, 1.54) is 4.90 Å². The molecule has 0 spiro atoms. The second-order valence-corrected chi connectivity index (χ2v) is 4.54. The smallest absolute Gasteiger partial charge is 0.329 e. The third-order valence-electron chi connectivity index (χ3n) is 3.24. The van der Waals surface area contributed by atoms with Crippen molar-refractivity contribution < 1.29 is 14.3 Å². The van der Waals surface area contributed by atoms with Crippen molar-refractivity contribution in [2.24, 2.45) is 5.73 Å². The van der Waals surface area contributed by atoms with Crippen LogP contribution >= 0.6 is 0 Å². The maximum atomic E-state index is 12.0. The lowest BCUT2D eigenvalue weighted by Crippen LogP contribution is -2.44. The standard InChI is InChI=1S/C14H18N2O3/c15-9-13(17)16-8-4-7-12(16)14(18)19-10-11-5-2-1-3-6-11/h1-3,5-6,12H,4,7-10,15H2/t12-/m0/s1. The molecular formula is C14H18N2O3. The molecule has 1 aromatic rings. The summed E-state index contributed by atoms with van der Waals surface area (Å²) in [5.41, 5.74) is 6.27. The summed E-state index contributed by atoms with van der Waals surface area (Å²) in [7, 11) is 0. The summed E-state index contributed by atoms with van der Waals surface area (Å²) in [6.45, 7) is 0.754. The zero-order valence-corrected chi connectivity index (χ0v) is 10.7. The van der Waals surface area contributed by atoms with Gasteiger partial charge in [0.05, 0.1) is 6.54 Å². The van der Waals surface area contributed by atoms with Crippen LogP contribution in [0.15, 0.2) is 30.3 Å². The van der Waals surface area contributed by atoms with Gasteiger partial charge in [-0.2, -0.15) is 0 Å². The molecule has 1 aromatic carbocycles. The van der Waals surface area contributed by atoms with E-state index in [0.717, 1.165) is 12.0 Å². The fraction of sp³-hybridized carbons (Fsp3) is 0.429. The molecule has 0 saturated carbocycles. The summed E-state index contributed by atoms with van der Waals surface area (Å²) in [4.78, 5) is 25.1. The molecule has 1 aliphatic rings. The van der Waals surface area contributed by atoms with E-state index in [9.17, 15) is 9.59 Å². The molecule has 5 heteroatoms. The highest BCUT2D eigenvalue weighted by atomic mass is 16.5. The van der Waals surface area contributed by atoms with Gasteiger partial charge in [0.1, 0.15) is 12.6 Å². The van der Waals surface area contributed by atoms with E-state index < -0.39 is 6.04 Å². The number of rotatable bonds is 4. The number of amides is 1. The Hall–Kier alpha value is -1.88. The largest absolute Gasteiger partial charge is 0.459 e. The van der Waals surface area contributed by atoms with Crippen LogP contribution in [0, 0.1) is 0 Å². The normalized spacial score (nSPS) is 18.4. The van der Waals surface area contributed by atoms with Gasteiger partial charge < -0.3 is 15.4 Å². The topological polar surface area (TPSA) is 72.6 Å². The van der Waals surface area contributed by atoms with Crippen LogP contribution in [0.1, 0.15) is 18.4 Å². The number of nitrogens with two attached hydrogens (primary N) is 1. The minimum Gasteiger partial charge on any atom is -0.459 e. The minimum absolute atomic E-state index is 0.0670. The van der Waals surface area contributed by atoms with E-state index in [2.05, 4.69) is 0 Å². The maximum absolute atomic E-state index is 12.0. The lowest BCUT2D eigenvalue weighted by Gasteiger charge is -2.22. The summed E-state index contributed by atoms with van der Waals surface area (Å²) in [5, 5.41) is 0. The monoisotopic (exact) mass is 262 g/mol. The number of hydrogen-bond donors (Lipinski definition) is 1. The van der Waals surface area contributed by atoms with Crippen molar-refractivity contribution in [1.29, 1.82) is 0 Å². The van der Waals surface area contributed by atoms with Crippen molar-refractivity contribution in [3.05, 3.63) is 35.9 Å². The molecule has 0 radical (unpaired) electrons.